The molecule has 0 fully saturated rings. The number of fused-ring (bicyclic) bond motifs is 3. The summed E-state index contributed by atoms with van der Waals surface area (Å²) in [6.07, 6.45) is 0.928. The highest BCUT2D eigenvalue weighted by Crippen LogP contribution is 2.34. The zero-order valence-corrected chi connectivity index (χ0v) is 15.0. The largest absolute Gasteiger partial charge is 0.399 e. The quantitative estimate of drug-likeness (QED) is 0.401. The van der Waals surface area contributed by atoms with E-state index in [2.05, 4.69) is 89.5 Å². The van der Waals surface area contributed by atoms with Gasteiger partial charge in [-0.15, -0.1) is 0 Å². The number of anilines is 1. The first-order valence-corrected chi connectivity index (χ1v) is 9.21. The lowest BCUT2D eigenvalue weighted by molar-refractivity contribution is 1.17. The van der Waals surface area contributed by atoms with Gasteiger partial charge in [-0.05, 0) is 60.0 Å². The number of aromatic nitrogens is 1. The van der Waals surface area contributed by atoms with Gasteiger partial charge in [0.1, 0.15) is 0 Å². The molecule has 0 atom stereocenters. The van der Waals surface area contributed by atoms with Crippen LogP contribution in [0.5, 0.6) is 0 Å². The van der Waals surface area contributed by atoms with Gasteiger partial charge in [-0.1, -0.05) is 54.6 Å². The summed E-state index contributed by atoms with van der Waals surface area (Å²) in [5.41, 5.74) is 13.1. The van der Waals surface area contributed by atoms with Crippen LogP contribution < -0.4 is 5.73 Å². The lowest BCUT2D eigenvalue weighted by atomic mass is 10.0. The van der Waals surface area contributed by atoms with Gasteiger partial charge in [-0.25, -0.2) is 0 Å². The average molecular weight is 348 g/mol. The van der Waals surface area contributed by atoms with Crippen molar-refractivity contribution in [1.82, 2.24) is 4.57 Å². The fourth-order valence-electron chi connectivity index (χ4n) is 3.88. The first-order chi connectivity index (χ1) is 13.3. The number of nitrogens with zero attached hydrogens (tertiary/aromatic N) is 1. The van der Waals surface area contributed by atoms with Gasteiger partial charge in [0.2, 0.25) is 0 Å². The zero-order chi connectivity index (χ0) is 18.2. The van der Waals surface area contributed by atoms with Crippen molar-refractivity contribution in [3.05, 3.63) is 108 Å². The number of hydrogen-bond acceptors (Lipinski definition) is 1. The highest BCUT2D eigenvalue weighted by molar-refractivity contribution is 6.10. The average Bonchev–Trinajstić information content (AvgIpc) is 3.02. The van der Waals surface area contributed by atoms with E-state index in [4.69, 9.17) is 5.73 Å². The van der Waals surface area contributed by atoms with Crippen LogP contribution >= 0.6 is 0 Å². The predicted octanol–water partition coefficient (Wildman–Crippen LogP) is 5.96. The third-order valence-electron chi connectivity index (χ3n) is 5.12. The van der Waals surface area contributed by atoms with Crippen molar-refractivity contribution in [2.75, 3.05) is 5.73 Å². The van der Waals surface area contributed by atoms with E-state index in [0.717, 1.165) is 17.8 Å². The third-order valence-corrected chi connectivity index (χ3v) is 5.12. The van der Waals surface area contributed by atoms with Crippen molar-refractivity contribution < 1.29 is 0 Å². The van der Waals surface area contributed by atoms with Crippen molar-refractivity contribution >= 4 is 27.5 Å². The highest BCUT2D eigenvalue weighted by atomic mass is 15.0. The Kier molecular flexibility index (Phi) is 3.68. The fourth-order valence-corrected chi connectivity index (χ4v) is 3.88. The van der Waals surface area contributed by atoms with Crippen LogP contribution in [0.1, 0.15) is 11.1 Å². The molecule has 5 rings (SSSR count). The summed E-state index contributed by atoms with van der Waals surface area (Å²) in [5, 5.41) is 2.44. The summed E-state index contributed by atoms with van der Waals surface area (Å²) < 4.78 is 2.32. The van der Waals surface area contributed by atoms with Crippen LogP contribution in [0.3, 0.4) is 0 Å². The molecule has 1 heterocycles. The number of hydrogen-bond donors (Lipinski definition) is 1. The molecule has 0 aliphatic rings. The van der Waals surface area contributed by atoms with Gasteiger partial charge in [0.15, 0.2) is 0 Å². The van der Waals surface area contributed by atoms with Crippen LogP contribution in [0, 0.1) is 0 Å². The topological polar surface area (TPSA) is 30.9 Å². The Bertz CT molecular complexity index is 1240. The zero-order valence-electron chi connectivity index (χ0n) is 15.0. The Labute approximate surface area is 158 Å². The summed E-state index contributed by atoms with van der Waals surface area (Å²) in [7, 11) is 0. The van der Waals surface area contributed by atoms with Crippen LogP contribution in [0.15, 0.2) is 97.1 Å². The molecule has 0 saturated carbocycles. The highest BCUT2D eigenvalue weighted by Gasteiger charge is 2.13. The van der Waals surface area contributed by atoms with Gasteiger partial charge in [0, 0.05) is 22.1 Å². The molecule has 130 valence electrons. The molecule has 2 heteroatoms. The first-order valence-electron chi connectivity index (χ1n) is 9.21. The van der Waals surface area contributed by atoms with Crippen molar-refractivity contribution in [1.29, 1.82) is 0 Å². The van der Waals surface area contributed by atoms with E-state index in [1.54, 1.807) is 0 Å². The normalized spacial score (nSPS) is 11.3. The van der Waals surface area contributed by atoms with Gasteiger partial charge in [0.25, 0.3) is 0 Å². The molecule has 27 heavy (non-hydrogen) atoms. The molecule has 0 aliphatic carbocycles. The second kappa shape index (κ2) is 6.33. The van der Waals surface area contributed by atoms with Crippen LogP contribution in [0.2, 0.25) is 0 Å². The summed E-state index contributed by atoms with van der Waals surface area (Å²) in [4.78, 5) is 0. The lowest BCUT2D eigenvalue weighted by Crippen LogP contribution is -1.93. The number of nitrogens with two attached hydrogens (primary N) is 1. The molecule has 4 aromatic carbocycles. The van der Waals surface area contributed by atoms with Gasteiger partial charge < -0.3 is 10.3 Å². The van der Waals surface area contributed by atoms with E-state index < -0.39 is 0 Å². The molecule has 1 aromatic heterocycles. The molecule has 2 nitrogen and oxygen atoms in total. The monoisotopic (exact) mass is 348 g/mol. The molecule has 5 aromatic rings. The lowest BCUT2D eigenvalue weighted by Gasteiger charge is -2.08. The van der Waals surface area contributed by atoms with E-state index in [1.165, 1.54) is 32.9 Å². The van der Waals surface area contributed by atoms with Gasteiger partial charge in [-0.2, -0.15) is 0 Å². The SMILES string of the molecule is Nc1ccc2c(c1)c1cc(Cc3ccccc3)ccc1n2-c1ccccc1. The molecule has 0 saturated heterocycles. The minimum absolute atomic E-state index is 0.795. The maximum atomic E-state index is 6.12. The van der Waals surface area contributed by atoms with Crippen molar-refractivity contribution in [3.63, 3.8) is 0 Å². The Balaban J connectivity index is 1.75. The van der Waals surface area contributed by atoms with E-state index in [0.29, 0.717) is 0 Å². The predicted molar refractivity (Wildman–Crippen MR) is 114 cm³/mol. The molecule has 0 amide bonds. The first kappa shape index (κ1) is 15.7. The molecule has 0 bridgehead atoms. The standard InChI is InChI=1S/C25H20N2/c26-20-12-14-25-23(17-20)22-16-19(15-18-7-3-1-4-8-18)11-13-24(22)27(25)21-9-5-2-6-10-21/h1-14,16-17H,15,26H2. The molecular weight excluding hydrogens is 328 g/mol. The smallest absolute Gasteiger partial charge is 0.0542 e. The summed E-state index contributed by atoms with van der Waals surface area (Å²) in [5.74, 6) is 0. The summed E-state index contributed by atoms with van der Waals surface area (Å²) in [6, 6.07) is 34.1. The Hall–Kier alpha value is -3.52. The summed E-state index contributed by atoms with van der Waals surface area (Å²) >= 11 is 0. The maximum absolute atomic E-state index is 6.12. The van der Waals surface area contributed by atoms with Crippen LogP contribution in [-0.4, -0.2) is 4.57 Å². The number of rotatable bonds is 3. The summed E-state index contributed by atoms with van der Waals surface area (Å²) in [6.45, 7) is 0. The Morgan fingerprint density at radius 2 is 1.22 bits per heavy atom. The van der Waals surface area contributed by atoms with E-state index >= 15 is 0 Å². The van der Waals surface area contributed by atoms with Crippen LogP contribution in [0.25, 0.3) is 27.5 Å². The van der Waals surface area contributed by atoms with Gasteiger partial charge >= 0.3 is 0 Å². The molecular formula is C25H20N2. The van der Waals surface area contributed by atoms with Gasteiger partial charge in [-0.3, -0.25) is 0 Å². The Morgan fingerprint density at radius 1 is 0.593 bits per heavy atom. The van der Waals surface area contributed by atoms with E-state index in [9.17, 15) is 0 Å². The Morgan fingerprint density at radius 3 is 1.96 bits per heavy atom. The minimum Gasteiger partial charge on any atom is -0.399 e. The molecule has 0 spiro atoms. The van der Waals surface area contributed by atoms with Crippen LogP contribution in [-0.2, 0) is 6.42 Å². The van der Waals surface area contributed by atoms with Crippen molar-refractivity contribution in [2.24, 2.45) is 0 Å². The van der Waals surface area contributed by atoms with E-state index in [-0.39, 0.29) is 0 Å². The maximum Gasteiger partial charge on any atom is 0.0542 e. The van der Waals surface area contributed by atoms with Crippen molar-refractivity contribution in [3.8, 4) is 5.69 Å². The van der Waals surface area contributed by atoms with Crippen LogP contribution in [0.4, 0.5) is 5.69 Å². The fraction of sp³-hybridized carbons (Fsp3) is 0.0400. The molecule has 0 aliphatic heterocycles. The van der Waals surface area contributed by atoms with Gasteiger partial charge in [0.05, 0.1) is 11.0 Å². The number of benzene rings is 4. The molecule has 0 radical (unpaired) electrons. The number of nitrogen functional groups attached to an aromatic ring is 1. The minimum atomic E-state index is 0.795. The second-order valence-corrected chi connectivity index (χ2v) is 6.96. The third kappa shape index (κ3) is 2.76. The number of para-hydroxylation sites is 1. The molecule has 2 N–H and O–H groups in total. The molecule has 0 unspecified atom stereocenters. The van der Waals surface area contributed by atoms with Crippen molar-refractivity contribution in [2.45, 2.75) is 6.42 Å². The second-order valence-electron chi connectivity index (χ2n) is 6.96. The van der Waals surface area contributed by atoms with E-state index in [1.807, 2.05) is 12.1 Å².